The third-order valence-electron chi connectivity index (χ3n) is 2.58. The normalized spacial score (nSPS) is 11.4. The van der Waals surface area contributed by atoms with Crippen molar-refractivity contribution in [2.75, 3.05) is 11.9 Å². The number of nitrogens with one attached hydrogen (secondary N) is 1. The van der Waals surface area contributed by atoms with Gasteiger partial charge >= 0.3 is 6.18 Å². The molecule has 6 heteroatoms. The van der Waals surface area contributed by atoms with Crippen LogP contribution in [0.5, 0.6) is 0 Å². The van der Waals surface area contributed by atoms with E-state index < -0.39 is 11.7 Å². The molecule has 0 unspecified atom stereocenters. The van der Waals surface area contributed by atoms with Gasteiger partial charge in [0.15, 0.2) is 0 Å². The summed E-state index contributed by atoms with van der Waals surface area (Å²) in [4.78, 5) is 11.5. The van der Waals surface area contributed by atoms with Gasteiger partial charge in [-0.3, -0.25) is 4.79 Å². The second-order valence-corrected chi connectivity index (χ2v) is 4.23. The lowest BCUT2D eigenvalue weighted by Gasteiger charge is -2.09. The molecule has 0 saturated heterocycles. The number of carbonyl (C=O) groups is 1. The second-order valence-electron chi connectivity index (χ2n) is 4.23. The molecule has 0 aromatic heterocycles. The summed E-state index contributed by atoms with van der Waals surface area (Å²) in [5, 5.41) is 2.46. The van der Waals surface area contributed by atoms with Crippen LogP contribution in [-0.4, -0.2) is 12.5 Å². The number of hydrogen-bond acceptors (Lipinski definition) is 2. The first-order chi connectivity index (χ1) is 8.93. The molecule has 0 heterocycles. The van der Waals surface area contributed by atoms with Gasteiger partial charge in [0, 0.05) is 12.1 Å². The predicted molar refractivity (Wildman–Crippen MR) is 67.6 cm³/mol. The van der Waals surface area contributed by atoms with E-state index in [0.717, 1.165) is 25.0 Å². The molecule has 0 aliphatic heterocycles. The van der Waals surface area contributed by atoms with Gasteiger partial charge in [-0.05, 0) is 37.6 Å². The van der Waals surface area contributed by atoms with Gasteiger partial charge in [0.2, 0.25) is 5.91 Å². The Labute approximate surface area is 110 Å². The van der Waals surface area contributed by atoms with E-state index in [2.05, 4.69) is 5.32 Å². The lowest BCUT2D eigenvalue weighted by Crippen LogP contribution is -2.12. The lowest BCUT2D eigenvalue weighted by molar-refractivity contribution is -0.137. The number of rotatable bonds is 6. The van der Waals surface area contributed by atoms with Crippen molar-refractivity contribution in [1.82, 2.24) is 0 Å². The minimum Gasteiger partial charge on any atom is -0.330 e. The van der Waals surface area contributed by atoms with E-state index in [0.29, 0.717) is 13.0 Å². The van der Waals surface area contributed by atoms with Gasteiger partial charge in [-0.15, -0.1) is 0 Å². The Morgan fingerprint density at radius 1 is 1.21 bits per heavy atom. The van der Waals surface area contributed by atoms with E-state index >= 15 is 0 Å². The van der Waals surface area contributed by atoms with Gasteiger partial charge in [-0.2, -0.15) is 13.2 Å². The zero-order valence-corrected chi connectivity index (χ0v) is 10.5. The number of hydrogen-bond donors (Lipinski definition) is 2. The molecule has 1 aromatic rings. The van der Waals surface area contributed by atoms with Crippen LogP contribution in [-0.2, 0) is 11.0 Å². The molecule has 0 radical (unpaired) electrons. The van der Waals surface area contributed by atoms with Crippen LogP contribution in [0.25, 0.3) is 0 Å². The number of benzene rings is 1. The molecule has 106 valence electrons. The van der Waals surface area contributed by atoms with E-state index in [4.69, 9.17) is 5.73 Å². The first-order valence-corrected chi connectivity index (χ1v) is 6.10. The van der Waals surface area contributed by atoms with E-state index in [9.17, 15) is 18.0 Å². The molecule has 3 nitrogen and oxygen atoms in total. The summed E-state index contributed by atoms with van der Waals surface area (Å²) >= 11 is 0. The fourth-order valence-corrected chi connectivity index (χ4v) is 1.60. The van der Waals surface area contributed by atoms with Gasteiger partial charge < -0.3 is 11.1 Å². The van der Waals surface area contributed by atoms with Crippen molar-refractivity contribution in [3.8, 4) is 0 Å². The van der Waals surface area contributed by atoms with Crippen LogP contribution < -0.4 is 11.1 Å². The van der Waals surface area contributed by atoms with Gasteiger partial charge in [0.1, 0.15) is 0 Å². The van der Waals surface area contributed by atoms with Crippen LogP contribution in [0.1, 0.15) is 31.2 Å². The topological polar surface area (TPSA) is 55.1 Å². The Balaban J connectivity index is 2.50. The molecule has 0 spiro atoms. The smallest absolute Gasteiger partial charge is 0.330 e. The quantitative estimate of drug-likeness (QED) is 0.783. The molecule has 1 aromatic carbocycles. The first kappa shape index (κ1) is 15.5. The van der Waals surface area contributed by atoms with Crippen LogP contribution >= 0.6 is 0 Å². The van der Waals surface area contributed by atoms with E-state index in [1.54, 1.807) is 0 Å². The van der Waals surface area contributed by atoms with E-state index in [1.165, 1.54) is 12.1 Å². The molecule has 19 heavy (non-hydrogen) atoms. The summed E-state index contributed by atoms with van der Waals surface area (Å²) < 4.78 is 37.4. The van der Waals surface area contributed by atoms with Gasteiger partial charge in [-0.1, -0.05) is 12.5 Å². The molecule has 0 saturated carbocycles. The minimum absolute atomic E-state index is 0.165. The van der Waals surface area contributed by atoms with Crippen molar-refractivity contribution >= 4 is 11.6 Å². The molecule has 0 atom stereocenters. The Morgan fingerprint density at radius 2 is 1.95 bits per heavy atom. The number of unbranched alkanes of at least 4 members (excludes halogenated alkanes) is 2. The number of nitrogens with two attached hydrogens (primary N) is 1. The highest BCUT2D eigenvalue weighted by Gasteiger charge is 2.30. The minimum atomic E-state index is -4.40. The lowest BCUT2D eigenvalue weighted by atomic mass is 10.1. The van der Waals surface area contributed by atoms with Crippen molar-refractivity contribution in [2.45, 2.75) is 31.9 Å². The molecule has 0 aliphatic rings. The molecule has 0 aliphatic carbocycles. The maximum Gasteiger partial charge on any atom is 0.416 e. The van der Waals surface area contributed by atoms with Gasteiger partial charge in [0.25, 0.3) is 0 Å². The number of anilines is 1. The number of carbonyl (C=O) groups excluding carboxylic acids is 1. The third-order valence-corrected chi connectivity index (χ3v) is 2.58. The summed E-state index contributed by atoms with van der Waals surface area (Å²) in [5.74, 6) is -0.281. The highest BCUT2D eigenvalue weighted by atomic mass is 19.4. The summed E-state index contributed by atoms with van der Waals surface area (Å²) in [6.45, 7) is 0.579. The van der Waals surface area contributed by atoms with Crippen molar-refractivity contribution in [3.63, 3.8) is 0 Å². The SMILES string of the molecule is NCCCCCC(=O)Nc1cccc(C(F)(F)F)c1. The molecule has 1 rings (SSSR count). The Hall–Kier alpha value is -1.56. The number of alkyl halides is 3. The van der Waals surface area contributed by atoms with Crippen LogP contribution in [0.2, 0.25) is 0 Å². The predicted octanol–water partition coefficient (Wildman–Crippen LogP) is 3.16. The summed E-state index contributed by atoms with van der Waals surface area (Å²) in [5.41, 5.74) is 4.71. The second kappa shape index (κ2) is 7.13. The highest BCUT2D eigenvalue weighted by Crippen LogP contribution is 2.30. The molecule has 3 N–H and O–H groups in total. The van der Waals surface area contributed by atoms with E-state index in [-0.39, 0.29) is 18.0 Å². The fourth-order valence-electron chi connectivity index (χ4n) is 1.60. The van der Waals surface area contributed by atoms with Gasteiger partial charge in [0.05, 0.1) is 5.56 Å². The van der Waals surface area contributed by atoms with Gasteiger partial charge in [-0.25, -0.2) is 0 Å². The Bertz CT molecular complexity index is 419. The van der Waals surface area contributed by atoms with Crippen molar-refractivity contribution in [3.05, 3.63) is 29.8 Å². The average Bonchev–Trinajstić information content (AvgIpc) is 2.34. The molecule has 0 bridgehead atoms. The highest BCUT2D eigenvalue weighted by molar-refractivity contribution is 5.90. The largest absolute Gasteiger partial charge is 0.416 e. The zero-order valence-electron chi connectivity index (χ0n) is 10.5. The number of amides is 1. The third kappa shape index (κ3) is 5.74. The Kier molecular flexibility index (Phi) is 5.82. The maximum atomic E-state index is 12.5. The maximum absolute atomic E-state index is 12.5. The van der Waals surface area contributed by atoms with Crippen molar-refractivity contribution < 1.29 is 18.0 Å². The van der Waals surface area contributed by atoms with Crippen LogP contribution in [0.3, 0.4) is 0 Å². The standard InChI is InChI=1S/C13H17F3N2O/c14-13(15,16)10-5-4-6-11(9-10)18-12(19)7-2-1-3-8-17/h4-6,9H,1-3,7-8,17H2,(H,18,19). The van der Waals surface area contributed by atoms with Crippen LogP contribution in [0.4, 0.5) is 18.9 Å². The number of halogens is 3. The summed E-state index contributed by atoms with van der Waals surface area (Å²) in [7, 11) is 0. The van der Waals surface area contributed by atoms with E-state index in [1.807, 2.05) is 0 Å². The monoisotopic (exact) mass is 274 g/mol. The molecule has 0 fully saturated rings. The Morgan fingerprint density at radius 3 is 2.58 bits per heavy atom. The van der Waals surface area contributed by atoms with Crippen LogP contribution in [0, 0.1) is 0 Å². The summed E-state index contributed by atoms with van der Waals surface area (Å²) in [6.07, 6.45) is -1.75. The van der Waals surface area contributed by atoms with Crippen molar-refractivity contribution in [2.24, 2.45) is 5.73 Å². The molecular formula is C13H17F3N2O. The summed E-state index contributed by atoms with van der Waals surface area (Å²) in [6, 6.07) is 4.61. The first-order valence-electron chi connectivity index (χ1n) is 6.10. The van der Waals surface area contributed by atoms with Crippen molar-refractivity contribution in [1.29, 1.82) is 0 Å². The zero-order chi connectivity index (χ0) is 14.3. The average molecular weight is 274 g/mol. The fraction of sp³-hybridized carbons (Fsp3) is 0.462. The van der Waals surface area contributed by atoms with Crippen LogP contribution in [0.15, 0.2) is 24.3 Å². The molecule has 1 amide bonds. The molecular weight excluding hydrogens is 257 g/mol.